The predicted molar refractivity (Wildman–Crippen MR) is 103 cm³/mol. The molecule has 3 N–H and O–H groups in total. The monoisotopic (exact) mass is 401 g/mol. The Balaban J connectivity index is 1.77. The summed E-state index contributed by atoms with van der Waals surface area (Å²) in [5.74, 6) is 0.175. The van der Waals surface area contributed by atoms with Gasteiger partial charge in [-0.3, -0.25) is 4.79 Å². The summed E-state index contributed by atoms with van der Waals surface area (Å²) in [6.07, 6.45) is -2.65. The molecule has 0 saturated carbocycles. The third kappa shape index (κ3) is 7.09. The summed E-state index contributed by atoms with van der Waals surface area (Å²) in [4.78, 5) is 15.2. The summed E-state index contributed by atoms with van der Waals surface area (Å²) in [7, 11) is 4.22. The van der Waals surface area contributed by atoms with Crippen LogP contribution in [0.25, 0.3) is 0 Å². The fourth-order valence-electron chi connectivity index (χ4n) is 4.06. The molecule has 4 nitrogen and oxygen atoms in total. The molecule has 0 aromatic heterocycles. The molecule has 0 unspecified atom stereocenters. The molecule has 0 bridgehead atoms. The highest BCUT2D eigenvalue weighted by atomic mass is 19.4. The zero-order valence-electron chi connectivity index (χ0n) is 17.4. The second-order valence-electron chi connectivity index (χ2n) is 9.16. The second-order valence-corrected chi connectivity index (χ2v) is 9.16. The number of alkyl halides is 3. The number of rotatable bonds is 7. The predicted octanol–water partition coefficient (Wildman–Crippen LogP) is 0.787. The van der Waals surface area contributed by atoms with Gasteiger partial charge in [0.2, 0.25) is 5.91 Å². The van der Waals surface area contributed by atoms with Crippen LogP contribution in [-0.2, 0) is 17.5 Å². The third-order valence-corrected chi connectivity index (χ3v) is 5.37. The van der Waals surface area contributed by atoms with Gasteiger partial charge in [-0.05, 0) is 12.1 Å². The molecule has 158 valence electrons. The Morgan fingerprint density at radius 3 is 2.21 bits per heavy atom. The molecule has 0 aliphatic carbocycles. The molecule has 1 aromatic carbocycles. The molecule has 1 fully saturated rings. The molecular weight excluding hydrogens is 367 g/mol. The Hall–Kier alpha value is -1.60. The number of quaternary nitrogens is 2. The van der Waals surface area contributed by atoms with E-state index in [0.29, 0.717) is 13.1 Å². The van der Waals surface area contributed by atoms with Gasteiger partial charge in [-0.1, -0.05) is 26.0 Å². The normalized spacial score (nSPS) is 21.0. The summed E-state index contributed by atoms with van der Waals surface area (Å²) < 4.78 is 38.0. The summed E-state index contributed by atoms with van der Waals surface area (Å²) in [5, 5.41) is 3.11. The molecular formula is C21H34F3N3O+2. The fraction of sp³-hybridized carbons (Fsp3) is 0.667. The van der Waals surface area contributed by atoms with Crippen LogP contribution in [0.2, 0.25) is 0 Å². The van der Waals surface area contributed by atoms with Gasteiger partial charge in [-0.25, -0.2) is 0 Å². The van der Waals surface area contributed by atoms with Crippen molar-refractivity contribution in [3.8, 4) is 0 Å². The van der Waals surface area contributed by atoms with Crippen molar-refractivity contribution < 1.29 is 27.8 Å². The lowest BCUT2D eigenvalue weighted by Gasteiger charge is -2.30. The van der Waals surface area contributed by atoms with E-state index in [9.17, 15) is 18.0 Å². The molecule has 0 spiro atoms. The molecule has 1 aromatic rings. The van der Waals surface area contributed by atoms with E-state index in [-0.39, 0.29) is 17.2 Å². The maximum atomic E-state index is 12.7. The fourth-order valence-corrected chi connectivity index (χ4v) is 4.06. The van der Waals surface area contributed by atoms with Crippen molar-refractivity contribution in [2.75, 3.05) is 40.3 Å². The van der Waals surface area contributed by atoms with Crippen LogP contribution >= 0.6 is 0 Å². The first kappa shape index (κ1) is 22.7. The number of amides is 1. The van der Waals surface area contributed by atoms with Gasteiger partial charge < -0.3 is 15.1 Å². The highest BCUT2D eigenvalue weighted by Crippen LogP contribution is 2.29. The molecule has 1 saturated heterocycles. The van der Waals surface area contributed by atoms with Crippen LogP contribution in [0.1, 0.15) is 37.8 Å². The number of nitrogens with one attached hydrogen (secondary N) is 3. The van der Waals surface area contributed by atoms with Gasteiger partial charge in [0, 0.05) is 36.3 Å². The zero-order valence-corrected chi connectivity index (χ0v) is 17.4. The van der Waals surface area contributed by atoms with E-state index in [1.165, 1.54) is 9.80 Å². The number of halogens is 3. The number of benzene rings is 1. The maximum absolute atomic E-state index is 12.7. The number of carbonyl (C=O) groups excluding carboxylic acids is 1. The van der Waals surface area contributed by atoms with Gasteiger partial charge in [0.1, 0.15) is 6.54 Å². The Morgan fingerprint density at radius 2 is 1.71 bits per heavy atom. The van der Waals surface area contributed by atoms with Gasteiger partial charge in [-0.15, -0.1) is 0 Å². The number of piperidine rings is 1. The van der Waals surface area contributed by atoms with Crippen LogP contribution in [0.15, 0.2) is 24.3 Å². The van der Waals surface area contributed by atoms with Gasteiger partial charge in [0.15, 0.2) is 0 Å². The molecule has 28 heavy (non-hydrogen) atoms. The van der Waals surface area contributed by atoms with Gasteiger partial charge in [0.05, 0.1) is 39.3 Å². The first-order valence-electron chi connectivity index (χ1n) is 10.0. The maximum Gasteiger partial charge on any atom is 0.416 e. The van der Waals surface area contributed by atoms with Crippen LogP contribution in [0, 0.1) is 11.3 Å². The molecule has 1 amide bonds. The van der Waals surface area contributed by atoms with E-state index in [1.807, 2.05) is 0 Å². The number of hydrogen-bond acceptors (Lipinski definition) is 1. The molecule has 0 atom stereocenters. The van der Waals surface area contributed by atoms with Crippen LogP contribution in [0.3, 0.4) is 0 Å². The Bertz CT molecular complexity index is 633. The zero-order chi connectivity index (χ0) is 20.9. The highest BCUT2D eigenvalue weighted by molar-refractivity contribution is 5.78. The average Bonchev–Trinajstić information content (AvgIpc) is 2.59. The summed E-state index contributed by atoms with van der Waals surface area (Å²) in [6.45, 7) is 8.42. The lowest BCUT2D eigenvalue weighted by Crippen LogP contribution is -3.11. The van der Waals surface area contributed by atoms with E-state index >= 15 is 0 Å². The van der Waals surface area contributed by atoms with Gasteiger partial charge in [0.25, 0.3) is 0 Å². The van der Waals surface area contributed by atoms with Gasteiger partial charge >= 0.3 is 6.18 Å². The molecule has 1 aliphatic heterocycles. The number of likely N-dealkylation sites (tertiary alicyclic amines) is 1. The summed E-state index contributed by atoms with van der Waals surface area (Å²) >= 11 is 0. The molecule has 1 aliphatic rings. The number of hydrogen-bond donors (Lipinski definition) is 3. The molecule has 7 heteroatoms. The Morgan fingerprint density at radius 1 is 1.14 bits per heavy atom. The minimum absolute atomic E-state index is 0.0406. The van der Waals surface area contributed by atoms with Crippen molar-refractivity contribution >= 4 is 5.91 Å². The topological polar surface area (TPSA) is 38.0 Å². The largest absolute Gasteiger partial charge is 0.416 e. The van der Waals surface area contributed by atoms with Crippen LogP contribution in [0.4, 0.5) is 13.2 Å². The highest BCUT2D eigenvalue weighted by Gasteiger charge is 2.31. The molecule has 2 rings (SSSR count). The van der Waals surface area contributed by atoms with E-state index in [1.54, 1.807) is 12.1 Å². The van der Waals surface area contributed by atoms with Crippen molar-refractivity contribution in [2.45, 2.75) is 39.4 Å². The smallest absolute Gasteiger partial charge is 0.355 e. The van der Waals surface area contributed by atoms with Crippen molar-refractivity contribution in [2.24, 2.45) is 11.3 Å². The van der Waals surface area contributed by atoms with E-state index in [4.69, 9.17) is 0 Å². The van der Waals surface area contributed by atoms with Crippen molar-refractivity contribution in [1.82, 2.24) is 5.32 Å². The SMILES string of the molecule is C[NH+](C)CC(C)(C)CNC(=O)C1CC[NH+](Cc2ccc(C(F)(F)F)cc2)CC1. The summed E-state index contributed by atoms with van der Waals surface area (Å²) in [5.41, 5.74) is 0.350. The van der Waals surface area contributed by atoms with Crippen LogP contribution < -0.4 is 15.1 Å². The minimum Gasteiger partial charge on any atom is -0.355 e. The molecule has 0 radical (unpaired) electrons. The third-order valence-electron chi connectivity index (χ3n) is 5.37. The quantitative estimate of drug-likeness (QED) is 0.621. The lowest BCUT2D eigenvalue weighted by molar-refractivity contribution is -0.919. The average molecular weight is 402 g/mol. The number of carbonyl (C=O) groups is 1. The minimum atomic E-state index is -4.29. The standard InChI is InChI=1S/C21H32F3N3O/c1-20(2,15-26(3)4)14-25-19(28)17-9-11-27(12-10-17)13-16-5-7-18(8-6-16)21(22,23)24/h5-8,17H,9-15H2,1-4H3,(H,25,28)/p+2. The van der Waals surface area contributed by atoms with E-state index < -0.39 is 11.7 Å². The summed E-state index contributed by atoms with van der Waals surface area (Å²) in [6, 6.07) is 5.41. The first-order chi connectivity index (χ1) is 13.0. The van der Waals surface area contributed by atoms with Crippen LogP contribution in [0.5, 0.6) is 0 Å². The van der Waals surface area contributed by atoms with E-state index in [2.05, 4.69) is 33.3 Å². The molecule has 1 heterocycles. The lowest BCUT2D eigenvalue weighted by atomic mass is 9.91. The Kier molecular flexibility index (Phi) is 7.51. The second kappa shape index (κ2) is 9.27. The first-order valence-corrected chi connectivity index (χ1v) is 10.0. The van der Waals surface area contributed by atoms with Crippen LogP contribution in [-0.4, -0.2) is 46.2 Å². The van der Waals surface area contributed by atoms with Crippen molar-refractivity contribution in [3.63, 3.8) is 0 Å². The Labute approximate surface area is 166 Å². The van der Waals surface area contributed by atoms with Crippen molar-refractivity contribution in [3.05, 3.63) is 35.4 Å². The van der Waals surface area contributed by atoms with Gasteiger partial charge in [-0.2, -0.15) is 13.2 Å². The van der Waals surface area contributed by atoms with Crippen molar-refractivity contribution in [1.29, 1.82) is 0 Å². The van der Waals surface area contributed by atoms with E-state index in [0.717, 1.165) is 50.2 Å².